The molecule has 1 aliphatic carbocycles. The quantitative estimate of drug-likeness (QED) is 0.459. The van der Waals surface area contributed by atoms with Crippen LogP contribution in [0.3, 0.4) is 0 Å². The van der Waals surface area contributed by atoms with E-state index in [9.17, 15) is 9.59 Å². The maximum atomic E-state index is 12.1. The molecule has 0 N–H and O–H groups in total. The maximum Gasteiger partial charge on any atom is 0.246 e. The summed E-state index contributed by atoms with van der Waals surface area (Å²) in [5, 5.41) is 0. The van der Waals surface area contributed by atoms with Crippen LogP contribution in [0.2, 0.25) is 0 Å². The molecule has 0 aromatic carbocycles. The summed E-state index contributed by atoms with van der Waals surface area (Å²) in [6, 6.07) is 0. The zero-order chi connectivity index (χ0) is 12.2. The van der Waals surface area contributed by atoms with Crippen molar-refractivity contribution in [3.63, 3.8) is 0 Å². The second-order valence-electron chi connectivity index (χ2n) is 4.25. The third-order valence-electron chi connectivity index (χ3n) is 2.87. The number of nitrogens with zero attached hydrogens (tertiary/aromatic N) is 1. The summed E-state index contributed by atoms with van der Waals surface area (Å²) in [4.78, 5) is 24.1. The van der Waals surface area contributed by atoms with Gasteiger partial charge in [0.25, 0.3) is 0 Å². The first-order valence-corrected chi connectivity index (χ1v) is 10.3. The van der Waals surface area contributed by atoms with E-state index in [1.165, 1.54) is 6.26 Å². The van der Waals surface area contributed by atoms with Gasteiger partial charge in [-0.05, 0) is 51.9 Å². The molecule has 2 rings (SSSR count). The first-order valence-electron chi connectivity index (χ1n) is 4.90. The van der Waals surface area contributed by atoms with Crippen LogP contribution in [0.1, 0.15) is 12.8 Å². The van der Waals surface area contributed by atoms with Gasteiger partial charge in [-0.3, -0.25) is 9.59 Å². The van der Waals surface area contributed by atoms with Gasteiger partial charge in [-0.2, -0.15) is 0 Å². The molecule has 0 aromatic heterocycles. The SMILES string of the molecule is C[SH](Cl)(Cl)(Cl)N1C(=O)C2C=CCCC2C1=O. The highest BCUT2D eigenvalue weighted by molar-refractivity contribution is 8.90. The van der Waals surface area contributed by atoms with Gasteiger partial charge in [-0.1, -0.05) is 12.2 Å². The second kappa shape index (κ2) is 3.55. The molecular formula is C9H12Cl3NO2S. The maximum absolute atomic E-state index is 12.1. The average molecular weight is 305 g/mol. The number of fused-ring (bicyclic) bond motifs is 1. The lowest BCUT2D eigenvalue weighted by atomic mass is 9.86. The van der Waals surface area contributed by atoms with Crippen LogP contribution < -0.4 is 0 Å². The molecule has 1 heterocycles. The summed E-state index contributed by atoms with van der Waals surface area (Å²) in [6.07, 6.45) is 6.45. The van der Waals surface area contributed by atoms with E-state index in [0.717, 1.165) is 10.7 Å². The van der Waals surface area contributed by atoms with Crippen LogP contribution in [-0.4, -0.2) is 22.4 Å². The standard InChI is InChI=1S/C9H12Cl3NO2S/c1-16(10,11,12)13-8(14)6-4-2-3-5-7(6)9(13)15/h2,4,6-7,16H,3,5H2,1H3. The minimum atomic E-state index is -3.89. The van der Waals surface area contributed by atoms with Crippen LogP contribution in [0.4, 0.5) is 0 Å². The molecule has 2 atom stereocenters. The van der Waals surface area contributed by atoms with E-state index in [4.69, 9.17) is 32.0 Å². The molecule has 0 saturated carbocycles. The highest BCUT2D eigenvalue weighted by atomic mass is 36.2. The fourth-order valence-corrected chi connectivity index (χ4v) is 4.66. The number of thiol groups is 1. The summed E-state index contributed by atoms with van der Waals surface area (Å²) >= 11 is 0. The van der Waals surface area contributed by atoms with E-state index in [0.29, 0.717) is 6.42 Å². The largest absolute Gasteiger partial charge is 0.273 e. The minimum absolute atomic E-state index is 0.334. The van der Waals surface area contributed by atoms with E-state index < -0.39 is 12.9 Å². The summed E-state index contributed by atoms with van der Waals surface area (Å²) in [5.74, 6) is -1.47. The van der Waals surface area contributed by atoms with Crippen molar-refractivity contribution in [3.05, 3.63) is 12.2 Å². The molecule has 1 saturated heterocycles. The van der Waals surface area contributed by atoms with E-state index in [1.807, 2.05) is 6.08 Å². The van der Waals surface area contributed by atoms with E-state index in [2.05, 4.69) is 0 Å². The Kier molecular flexibility index (Phi) is 2.78. The molecule has 0 spiro atoms. The smallest absolute Gasteiger partial charge is 0.246 e. The first kappa shape index (κ1) is 12.6. The summed E-state index contributed by atoms with van der Waals surface area (Å²) in [6.45, 7) is -3.89. The van der Waals surface area contributed by atoms with Gasteiger partial charge < -0.3 is 0 Å². The van der Waals surface area contributed by atoms with E-state index in [1.54, 1.807) is 6.08 Å². The number of carbonyl (C=O) groups excluding carboxylic acids is 2. The Hall–Kier alpha value is 0.1000. The van der Waals surface area contributed by atoms with Crippen molar-refractivity contribution >= 4 is 50.8 Å². The summed E-state index contributed by atoms with van der Waals surface area (Å²) < 4.78 is 0.890. The van der Waals surface area contributed by atoms with Crippen LogP contribution in [0.5, 0.6) is 0 Å². The Morgan fingerprint density at radius 2 is 1.94 bits per heavy atom. The number of amides is 2. The fourth-order valence-electron chi connectivity index (χ4n) is 2.19. The van der Waals surface area contributed by atoms with Crippen molar-refractivity contribution in [2.45, 2.75) is 12.8 Å². The number of hydrogen-bond acceptors (Lipinski definition) is 2. The number of allylic oxidation sites excluding steroid dienone is 1. The lowest BCUT2D eigenvalue weighted by Gasteiger charge is -2.46. The number of rotatable bonds is 1. The van der Waals surface area contributed by atoms with Crippen LogP contribution >= 0.6 is 39.0 Å². The third kappa shape index (κ3) is 1.96. The zero-order valence-electron chi connectivity index (χ0n) is 8.57. The molecule has 0 radical (unpaired) electrons. The minimum Gasteiger partial charge on any atom is -0.273 e. The molecule has 0 bridgehead atoms. The summed E-state index contributed by atoms with van der Waals surface area (Å²) in [5.41, 5.74) is 0. The van der Waals surface area contributed by atoms with Gasteiger partial charge in [-0.25, -0.2) is 4.31 Å². The Labute approximate surface area is 108 Å². The summed E-state index contributed by atoms with van der Waals surface area (Å²) in [7, 11) is 17.9. The topological polar surface area (TPSA) is 37.4 Å². The predicted octanol–water partition coefficient (Wildman–Crippen LogP) is 3.02. The molecular weight excluding hydrogens is 293 g/mol. The molecule has 3 nitrogen and oxygen atoms in total. The van der Waals surface area contributed by atoms with Crippen molar-refractivity contribution in [1.29, 1.82) is 0 Å². The Bertz CT molecular complexity index is 392. The highest BCUT2D eigenvalue weighted by Gasteiger charge is 2.55. The Balaban J connectivity index is 2.42. The van der Waals surface area contributed by atoms with Crippen molar-refractivity contribution in [2.75, 3.05) is 6.26 Å². The second-order valence-corrected chi connectivity index (χ2v) is 15.9. The van der Waals surface area contributed by atoms with Gasteiger partial charge in [-0.15, -0.1) is 0 Å². The van der Waals surface area contributed by atoms with Gasteiger partial charge in [0, 0.05) is 6.26 Å². The van der Waals surface area contributed by atoms with Gasteiger partial charge >= 0.3 is 0 Å². The van der Waals surface area contributed by atoms with Crippen molar-refractivity contribution in [2.24, 2.45) is 11.8 Å². The van der Waals surface area contributed by atoms with Crippen LogP contribution in [0, 0.1) is 11.8 Å². The molecule has 92 valence electrons. The van der Waals surface area contributed by atoms with Crippen molar-refractivity contribution in [3.8, 4) is 0 Å². The average Bonchev–Trinajstić information content (AvgIpc) is 2.38. The highest BCUT2D eigenvalue weighted by Crippen LogP contribution is 2.83. The van der Waals surface area contributed by atoms with Crippen molar-refractivity contribution < 1.29 is 9.59 Å². The van der Waals surface area contributed by atoms with Crippen molar-refractivity contribution in [1.82, 2.24) is 4.31 Å². The van der Waals surface area contributed by atoms with Gasteiger partial charge in [0.05, 0.1) is 11.8 Å². The molecule has 0 aromatic rings. The fraction of sp³-hybridized carbons (Fsp3) is 0.556. The van der Waals surface area contributed by atoms with Gasteiger partial charge in [0.1, 0.15) is 0 Å². The Morgan fingerprint density at radius 1 is 1.31 bits per heavy atom. The molecule has 1 fully saturated rings. The molecule has 2 unspecified atom stereocenters. The molecule has 2 aliphatic rings. The molecule has 2 amide bonds. The van der Waals surface area contributed by atoms with Crippen LogP contribution in [-0.2, 0) is 9.59 Å². The zero-order valence-corrected chi connectivity index (χ0v) is 11.7. The molecule has 1 aliphatic heterocycles. The van der Waals surface area contributed by atoms with E-state index in [-0.39, 0.29) is 17.7 Å². The molecule has 16 heavy (non-hydrogen) atoms. The molecule has 7 heteroatoms. The number of carbonyl (C=O) groups is 2. The van der Waals surface area contributed by atoms with Crippen LogP contribution in [0.25, 0.3) is 0 Å². The van der Waals surface area contributed by atoms with Gasteiger partial charge in [0.2, 0.25) is 11.8 Å². The number of hydrogen-bond donors (Lipinski definition) is 1. The van der Waals surface area contributed by atoms with Crippen LogP contribution in [0.15, 0.2) is 12.2 Å². The number of halogens is 3. The lowest BCUT2D eigenvalue weighted by molar-refractivity contribution is -0.133. The Morgan fingerprint density at radius 3 is 2.44 bits per heavy atom. The third-order valence-corrected chi connectivity index (χ3v) is 5.48. The van der Waals surface area contributed by atoms with Gasteiger partial charge in [0.15, 0.2) is 0 Å². The van der Waals surface area contributed by atoms with E-state index >= 15 is 0 Å². The number of imide groups is 1. The lowest BCUT2D eigenvalue weighted by Crippen LogP contribution is -2.33. The first-order chi connectivity index (χ1) is 7.18. The predicted molar refractivity (Wildman–Crippen MR) is 69.7 cm³/mol. The monoisotopic (exact) mass is 303 g/mol. The normalized spacial score (nSPS) is 32.5.